The van der Waals surface area contributed by atoms with Crippen LogP contribution in [0.5, 0.6) is 17.2 Å². The number of aromatic hydroxyl groups is 3. The minimum absolute atomic E-state index is 0.113. The van der Waals surface area contributed by atoms with Crippen LogP contribution in [-0.2, 0) is 11.2 Å². The molecule has 2 aromatic carbocycles. The first-order valence-corrected chi connectivity index (χ1v) is 6.78. The molecule has 0 radical (unpaired) electrons. The Kier molecular flexibility index (Phi) is 3.45. The molecule has 0 bridgehead atoms. The van der Waals surface area contributed by atoms with E-state index in [4.69, 9.17) is 10.5 Å². The zero-order chi connectivity index (χ0) is 15.0. The van der Waals surface area contributed by atoms with Gasteiger partial charge in [-0.05, 0) is 29.3 Å². The molecule has 1 aliphatic rings. The quantitative estimate of drug-likeness (QED) is 0.634. The first-order chi connectivity index (χ1) is 10.1. The number of fused-ring (bicyclic) bond motifs is 1. The van der Waals surface area contributed by atoms with Crippen molar-refractivity contribution in [1.82, 2.24) is 0 Å². The highest BCUT2D eigenvalue weighted by molar-refractivity contribution is 5.51. The van der Waals surface area contributed by atoms with E-state index in [1.165, 1.54) is 6.07 Å². The van der Waals surface area contributed by atoms with Gasteiger partial charge in [0, 0.05) is 18.5 Å². The Morgan fingerprint density at radius 2 is 1.76 bits per heavy atom. The van der Waals surface area contributed by atoms with E-state index in [-0.39, 0.29) is 36.0 Å². The van der Waals surface area contributed by atoms with Crippen LogP contribution >= 0.6 is 0 Å². The van der Waals surface area contributed by atoms with Gasteiger partial charge >= 0.3 is 0 Å². The van der Waals surface area contributed by atoms with Gasteiger partial charge in [-0.1, -0.05) is 18.2 Å². The van der Waals surface area contributed by atoms with Gasteiger partial charge < -0.3 is 25.8 Å². The van der Waals surface area contributed by atoms with E-state index >= 15 is 0 Å². The van der Waals surface area contributed by atoms with Crippen LogP contribution in [0.4, 0.5) is 0 Å². The monoisotopic (exact) mass is 287 g/mol. The van der Waals surface area contributed by atoms with Gasteiger partial charge in [0.25, 0.3) is 0 Å². The molecule has 21 heavy (non-hydrogen) atoms. The average molecular weight is 287 g/mol. The molecule has 0 saturated heterocycles. The van der Waals surface area contributed by atoms with Crippen molar-refractivity contribution in [2.45, 2.75) is 18.6 Å². The van der Waals surface area contributed by atoms with Crippen molar-refractivity contribution in [2.24, 2.45) is 5.73 Å². The maximum absolute atomic E-state index is 10.1. The van der Waals surface area contributed by atoms with E-state index in [9.17, 15) is 15.3 Å². The largest absolute Gasteiger partial charge is 0.508 e. The normalized spacial score (nSPS) is 21.0. The van der Waals surface area contributed by atoms with Gasteiger partial charge in [0.2, 0.25) is 0 Å². The van der Waals surface area contributed by atoms with Gasteiger partial charge in [-0.2, -0.15) is 0 Å². The summed E-state index contributed by atoms with van der Waals surface area (Å²) >= 11 is 0. The van der Waals surface area contributed by atoms with E-state index in [0.29, 0.717) is 12.0 Å². The first kappa shape index (κ1) is 13.7. The first-order valence-electron chi connectivity index (χ1n) is 6.78. The number of hydrogen-bond acceptors (Lipinski definition) is 5. The molecule has 3 rings (SSSR count). The molecule has 0 amide bonds. The summed E-state index contributed by atoms with van der Waals surface area (Å²) in [5, 5.41) is 29.1. The van der Waals surface area contributed by atoms with Gasteiger partial charge in [-0.15, -0.1) is 0 Å². The Bertz CT molecular complexity index is 654. The summed E-state index contributed by atoms with van der Waals surface area (Å²) in [6, 6.07) is 9.91. The van der Waals surface area contributed by atoms with Crippen LogP contribution in [0.2, 0.25) is 0 Å². The fourth-order valence-electron chi connectivity index (χ4n) is 2.73. The van der Waals surface area contributed by atoms with E-state index in [1.54, 1.807) is 30.3 Å². The molecule has 0 saturated carbocycles. The van der Waals surface area contributed by atoms with Gasteiger partial charge in [0.15, 0.2) is 11.5 Å². The molecule has 2 aromatic rings. The maximum atomic E-state index is 10.1. The Morgan fingerprint density at radius 3 is 2.43 bits per heavy atom. The van der Waals surface area contributed by atoms with Crippen molar-refractivity contribution in [2.75, 3.05) is 6.54 Å². The third-order valence-corrected chi connectivity index (χ3v) is 3.84. The molecule has 5 nitrogen and oxygen atoms in total. The highest BCUT2D eigenvalue weighted by Gasteiger charge is 2.30. The lowest BCUT2D eigenvalue weighted by molar-refractivity contribution is -0.0231. The van der Waals surface area contributed by atoms with Crippen LogP contribution < -0.4 is 5.73 Å². The lowest BCUT2D eigenvalue weighted by atomic mass is 9.90. The number of nitrogens with two attached hydrogens (primary N) is 1. The summed E-state index contributed by atoms with van der Waals surface area (Å²) in [7, 11) is 0. The van der Waals surface area contributed by atoms with Crippen molar-refractivity contribution in [3.63, 3.8) is 0 Å². The Labute approximate surface area is 122 Å². The molecule has 0 aliphatic carbocycles. The Hall–Kier alpha value is -2.24. The van der Waals surface area contributed by atoms with E-state index in [1.807, 2.05) is 0 Å². The molecular weight excluding hydrogens is 270 g/mol. The van der Waals surface area contributed by atoms with Crippen LogP contribution in [0.3, 0.4) is 0 Å². The second kappa shape index (κ2) is 5.27. The number of phenols is 3. The highest BCUT2D eigenvalue weighted by Crippen LogP contribution is 2.43. The molecule has 0 spiro atoms. The van der Waals surface area contributed by atoms with Gasteiger partial charge in [-0.3, -0.25) is 0 Å². The summed E-state index contributed by atoms with van der Waals surface area (Å²) < 4.78 is 5.98. The van der Waals surface area contributed by atoms with E-state index in [2.05, 4.69) is 0 Å². The summed E-state index contributed by atoms with van der Waals surface area (Å²) in [5.41, 5.74) is 8.12. The Morgan fingerprint density at radius 1 is 1.05 bits per heavy atom. The van der Waals surface area contributed by atoms with E-state index < -0.39 is 0 Å². The van der Waals surface area contributed by atoms with Crippen molar-refractivity contribution in [1.29, 1.82) is 0 Å². The van der Waals surface area contributed by atoms with Crippen molar-refractivity contribution in [3.05, 3.63) is 53.1 Å². The van der Waals surface area contributed by atoms with Crippen molar-refractivity contribution in [3.8, 4) is 17.2 Å². The number of ether oxygens (including phenoxy) is 1. The van der Waals surface area contributed by atoms with Crippen molar-refractivity contribution < 1.29 is 20.1 Å². The molecule has 1 heterocycles. The fourth-order valence-corrected chi connectivity index (χ4v) is 2.73. The molecule has 0 aromatic heterocycles. The third kappa shape index (κ3) is 2.41. The maximum Gasteiger partial charge on any atom is 0.161 e. The lowest BCUT2D eigenvalue weighted by Crippen LogP contribution is -2.25. The number of rotatable bonds is 2. The predicted molar refractivity (Wildman–Crippen MR) is 77.2 cm³/mol. The standard InChI is InChI=1S/C16H17NO4/c17-8-15-11-5-6-13(19)16(20)12(11)7-14(21-15)9-1-3-10(18)4-2-9/h1-6,14-15,18-20H,7-8,17H2/t14-,15-/m0/s1. The van der Waals surface area contributed by atoms with Gasteiger partial charge in [0.05, 0.1) is 12.2 Å². The summed E-state index contributed by atoms with van der Waals surface area (Å²) in [5.74, 6) is -0.0697. The lowest BCUT2D eigenvalue weighted by Gasteiger charge is -2.32. The van der Waals surface area contributed by atoms with Gasteiger partial charge in [-0.25, -0.2) is 0 Å². The van der Waals surface area contributed by atoms with Crippen LogP contribution in [0.1, 0.15) is 28.9 Å². The number of benzene rings is 2. The summed E-state index contributed by atoms with van der Waals surface area (Å²) in [6.45, 7) is 0.284. The average Bonchev–Trinajstić information content (AvgIpc) is 2.51. The minimum atomic E-state index is -0.334. The molecule has 2 atom stereocenters. The molecule has 1 aliphatic heterocycles. The van der Waals surface area contributed by atoms with Crippen LogP contribution in [0.25, 0.3) is 0 Å². The molecular formula is C16H17NO4. The molecule has 5 heteroatoms. The summed E-state index contributed by atoms with van der Waals surface area (Å²) in [4.78, 5) is 0. The fraction of sp³-hybridized carbons (Fsp3) is 0.250. The minimum Gasteiger partial charge on any atom is -0.508 e. The second-order valence-corrected chi connectivity index (χ2v) is 5.15. The number of phenolic OH excluding ortho intramolecular Hbond substituents is 3. The van der Waals surface area contributed by atoms with Crippen LogP contribution in [-0.4, -0.2) is 21.9 Å². The molecule has 0 unspecified atom stereocenters. The van der Waals surface area contributed by atoms with Gasteiger partial charge in [0.1, 0.15) is 5.75 Å². The molecule has 110 valence electrons. The topological polar surface area (TPSA) is 95.9 Å². The summed E-state index contributed by atoms with van der Waals surface area (Å²) in [6.07, 6.45) is -0.171. The molecule has 0 fully saturated rings. The molecule has 5 N–H and O–H groups in total. The zero-order valence-corrected chi connectivity index (χ0v) is 11.4. The van der Waals surface area contributed by atoms with Crippen LogP contribution in [0.15, 0.2) is 36.4 Å². The third-order valence-electron chi connectivity index (χ3n) is 3.84. The van der Waals surface area contributed by atoms with Crippen molar-refractivity contribution >= 4 is 0 Å². The SMILES string of the molecule is NC[C@@H]1O[C@H](c2ccc(O)cc2)Cc2c1ccc(O)c2O. The smallest absolute Gasteiger partial charge is 0.161 e. The van der Waals surface area contributed by atoms with Crippen LogP contribution in [0, 0.1) is 0 Å². The van der Waals surface area contributed by atoms with E-state index in [0.717, 1.165) is 11.1 Å². The second-order valence-electron chi connectivity index (χ2n) is 5.15. The zero-order valence-electron chi connectivity index (χ0n) is 11.4. The predicted octanol–water partition coefficient (Wildman–Crippen LogP) is 2.12. The Balaban J connectivity index is 2.01. The highest BCUT2D eigenvalue weighted by atomic mass is 16.5. The number of hydrogen-bond donors (Lipinski definition) is 4.